The molecule has 3 aromatic carbocycles. The standard InChI is InChI=1S/C28H28O2/c29-25-15-9-18-28(21-25,19-17-22-10-3-1-4-11-22)20-24-14-7-8-16-26(24)27(30)23-12-5-2-6-13-23/h1-8,10-14,16H,9,15,17-21H2/t28-/m1/s1. The van der Waals surface area contributed by atoms with Crippen LogP contribution in [0.1, 0.15) is 59.2 Å². The molecule has 0 amide bonds. The summed E-state index contributed by atoms with van der Waals surface area (Å²) in [6, 6.07) is 27.9. The molecule has 0 heterocycles. The summed E-state index contributed by atoms with van der Waals surface area (Å²) in [5.74, 6) is 0.424. The van der Waals surface area contributed by atoms with Gasteiger partial charge in [-0.2, -0.15) is 0 Å². The third-order valence-corrected chi connectivity index (χ3v) is 6.39. The number of carbonyl (C=O) groups is 2. The Kier molecular flexibility index (Phi) is 6.23. The molecular weight excluding hydrogens is 368 g/mol. The van der Waals surface area contributed by atoms with E-state index in [0.717, 1.165) is 43.2 Å². The third kappa shape index (κ3) is 4.76. The van der Waals surface area contributed by atoms with Crippen molar-refractivity contribution in [2.75, 3.05) is 0 Å². The van der Waals surface area contributed by atoms with Crippen LogP contribution in [0.25, 0.3) is 0 Å². The second-order valence-corrected chi connectivity index (χ2v) is 8.58. The summed E-state index contributed by atoms with van der Waals surface area (Å²) in [4.78, 5) is 25.6. The normalized spacial score (nSPS) is 18.9. The van der Waals surface area contributed by atoms with Crippen molar-refractivity contribution in [2.24, 2.45) is 5.41 Å². The van der Waals surface area contributed by atoms with Crippen LogP contribution in [0, 0.1) is 5.41 Å². The fraction of sp³-hybridized carbons (Fsp3) is 0.286. The van der Waals surface area contributed by atoms with Crippen LogP contribution in [0.2, 0.25) is 0 Å². The van der Waals surface area contributed by atoms with Gasteiger partial charge in [0.1, 0.15) is 5.78 Å². The molecule has 4 rings (SSSR count). The fourth-order valence-electron chi connectivity index (χ4n) is 4.81. The molecule has 2 nitrogen and oxygen atoms in total. The van der Waals surface area contributed by atoms with E-state index in [2.05, 4.69) is 30.3 Å². The van der Waals surface area contributed by atoms with Gasteiger partial charge in [0.15, 0.2) is 5.78 Å². The lowest BCUT2D eigenvalue weighted by Crippen LogP contribution is -2.32. The van der Waals surface area contributed by atoms with Crippen molar-refractivity contribution in [3.63, 3.8) is 0 Å². The zero-order valence-corrected chi connectivity index (χ0v) is 17.3. The molecule has 1 fully saturated rings. The maximum atomic E-state index is 13.2. The Morgan fingerprint density at radius 1 is 0.833 bits per heavy atom. The minimum absolute atomic E-state index is 0.0616. The van der Waals surface area contributed by atoms with Gasteiger partial charge in [-0.05, 0) is 48.6 Å². The van der Waals surface area contributed by atoms with Crippen LogP contribution in [0.3, 0.4) is 0 Å². The summed E-state index contributed by atoms with van der Waals surface area (Å²) in [7, 11) is 0. The summed E-state index contributed by atoms with van der Waals surface area (Å²) < 4.78 is 0. The van der Waals surface area contributed by atoms with Gasteiger partial charge in [0.05, 0.1) is 0 Å². The molecule has 3 aromatic rings. The molecule has 0 radical (unpaired) electrons. The van der Waals surface area contributed by atoms with Gasteiger partial charge in [-0.25, -0.2) is 0 Å². The van der Waals surface area contributed by atoms with E-state index in [0.29, 0.717) is 24.2 Å². The van der Waals surface area contributed by atoms with Crippen molar-refractivity contribution in [3.05, 3.63) is 107 Å². The number of rotatable bonds is 7. The molecule has 0 aromatic heterocycles. The zero-order chi connectivity index (χ0) is 20.8. The molecule has 1 saturated carbocycles. The average molecular weight is 397 g/mol. The Labute approximate surface area is 179 Å². The first-order valence-corrected chi connectivity index (χ1v) is 10.9. The molecule has 1 atom stereocenters. The first-order valence-electron chi connectivity index (χ1n) is 10.9. The lowest BCUT2D eigenvalue weighted by molar-refractivity contribution is -0.123. The zero-order valence-electron chi connectivity index (χ0n) is 17.3. The summed E-state index contributed by atoms with van der Waals surface area (Å²) >= 11 is 0. The van der Waals surface area contributed by atoms with Crippen LogP contribution in [0.5, 0.6) is 0 Å². The van der Waals surface area contributed by atoms with Crippen molar-refractivity contribution < 1.29 is 9.59 Å². The molecule has 2 heteroatoms. The first kappa shape index (κ1) is 20.3. The molecule has 0 unspecified atom stereocenters. The van der Waals surface area contributed by atoms with E-state index < -0.39 is 0 Å². The molecule has 0 aliphatic heterocycles. The highest BCUT2D eigenvalue weighted by Crippen LogP contribution is 2.42. The summed E-state index contributed by atoms with van der Waals surface area (Å²) in [5.41, 5.74) is 3.78. The van der Waals surface area contributed by atoms with Gasteiger partial charge in [0, 0.05) is 24.0 Å². The Bertz CT molecular complexity index is 1010. The average Bonchev–Trinajstić information content (AvgIpc) is 2.79. The van der Waals surface area contributed by atoms with E-state index >= 15 is 0 Å². The SMILES string of the molecule is O=C1CCC[C@@](CCc2ccccc2)(Cc2ccccc2C(=O)c2ccccc2)C1. The quantitative estimate of drug-likeness (QED) is 0.444. The van der Waals surface area contributed by atoms with Crippen LogP contribution in [0.4, 0.5) is 0 Å². The second kappa shape index (κ2) is 9.21. The van der Waals surface area contributed by atoms with Crippen molar-refractivity contribution in [1.82, 2.24) is 0 Å². The monoisotopic (exact) mass is 396 g/mol. The Morgan fingerprint density at radius 3 is 2.23 bits per heavy atom. The fourth-order valence-corrected chi connectivity index (χ4v) is 4.81. The highest BCUT2D eigenvalue weighted by atomic mass is 16.1. The summed E-state index contributed by atoms with van der Waals surface area (Å²) in [6.45, 7) is 0. The molecule has 30 heavy (non-hydrogen) atoms. The molecule has 0 bridgehead atoms. The highest BCUT2D eigenvalue weighted by Gasteiger charge is 2.36. The minimum atomic E-state index is -0.0712. The molecule has 0 N–H and O–H groups in total. The predicted octanol–water partition coefficient (Wildman–Crippen LogP) is 6.22. The van der Waals surface area contributed by atoms with Gasteiger partial charge in [-0.15, -0.1) is 0 Å². The van der Waals surface area contributed by atoms with E-state index in [4.69, 9.17) is 0 Å². The number of aryl methyl sites for hydroxylation is 1. The minimum Gasteiger partial charge on any atom is -0.300 e. The molecule has 1 aliphatic rings. The van der Waals surface area contributed by atoms with Crippen LogP contribution < -0.4 is 0 Å². The third-order valence-electron chi connectivity index (χ3n) is 6.39. The Hall–Kier alpha value is -3.00. The van der Waals surface area contributed by atoms with Gasteiger partial charge in [-0.3, -0.25) is 9.59 Å². The van der Waals surface area contributed by atoms with Gasteiger partial charge in [0.2, 0.25) is 0 Å². The Balaban J connectivity index is 1.62. The van der Waals surface area contributed by atoms with Gasteiger partial charge < -0.3 is 0 Å². The van der Waals surface area contributed by atoms with Crippen molar-refractivity contribution >= 4 is 11.6 Å². The molecule has 0 saturated heterocycles. The van der Waals surface area contributed by atoms with Gasteiger partial charge in [0.25, 0.3) is 0 Å². The summed E-state index contributed by atoms with van der Waals surface area (Å²) in [6.07, 6.45) is 6.01. The largest absolute Gasteiger partial charge is 0.300 e. The van der Waals surface area contributed by atoms with Gasteiger partial charge >= 0.3 is 0 Å². The number of benzene rings is 3. The number of Topliss-reactive ketones (excluding diaryl/α,β-unsaturated/α-hetero) is 1. The topological polar surface area (TPSA) is 34.1 Å². The number of ketones is 2. The lowest BCUT2D eigenvalue weighted by atomic mass is 9.66. The van der Waals surface area contributed by atoms with Crippen molar-refractivity contribution in [2.45, 2.75) is 44.9 Å². The molecular formula is C28H28O2. The highest BCUT2D eigenvalue weighted by molar-refractivity contribution is 6.09. The molecule has 1 aliphatic carbocycles. The molecule has 152 valence electrons. The predicted molar refractivity (Wildman–Crippen MR) is 121 cm³/mol. The maximum Gasteiger partial charge on any atom is 0.193 e. The van der Waals surface area contributed by atoms with E-state index in [1.54, 1.807) is 0 Å². The van der Waals surface area contributed by atoms with Crippen LogP contribution >= 0.6 is 0 Å². The number of carbonyl (C=O) groups excluding carboxylic acids is 2. The number of hydrogen-bond acceptors (Lipinski definition) is 2. The van der Waals surface area contributed by atoms with E-state index in [-0.39, 0.29) is 11.2 Å². The van der Waals surface area contributed by atoms with Crippen LogP contribution in [-0.4, -0.2) is 11.6 Å². The lowest BCUT2D eigenvalue weighted by Gasteiger charge is -2.37. The smallest absolute Gasteiger partial charge is 0.193 e. The summed E-state index contributed by atoms with van der Waals surface area (Å²) in [5, 5.41) is 0. The second-order valence-electron chi connectivity index (χ2n) is 8.58. The number of hydrogen-bond donors (Lipinski definition) is 0. The van der Waals surface area contributed by atoms with Gasteiger partial charge in [-0.1, -0.05) is 84.9 Å². The van der Waals surface area contributed by atoms with Crippen molar-refractivity contribution in [3.8, 4) is 0 Å². The van der Waals surface area contributed by atoms with E-state index in [1.807, 2.05) is 54.6 Å². The maximum absolute atomic E-state index is 13.2. The van der Waals surface area contributed by atoms with E-state index in [1.165, 1.54) is 5.56 Å². The molecule has 0 spiro atoms. The van der Waals surface area contributed by atoms with E-state index in [9.17, 15) is 9.59 Å². The van der Waals surface area contributed by atoms with Crippen LogP contribution in [-0.2, 0) is 17.6 Å². The first-order chi connectivity index (χ1) is 14.7. The Morgan fingerprint density at radius 2 is 1.50 bits per heavy atom. The van der Waals surface area contributed by atoms with Crippen molar-refractivity contribution in [1.29, 1.82) is 0 Å². The van der Waals surface area contributed by atoms with Crippen LogP contribution in [0.15, 0.2) is 84.9 Å².